The first-order valence-corrected chi connectivity index (χ1v) is 9.84. The van der Waals surface area contributed by atoms with Crippen LogP contribution in [0, 0.1) is 13.8 Å². The third-order valence-corrected chi connectivity index (χ3v) is 6.56. The molecule has 0 unspecified atom stereocenters. The van der Waals surface area contributed by atoms with Gasteiger partial charge in [-0.15, -0.1) is 0 Å². The van der Waals surface area contributed by atoms with E-state index in [4.69, 9.17) is 9.52 Å². The average molecular weight is 392 g/mol. The second-order valence-corrected chi connectivity index (χ2v) is 8.35. The summed E-state index contributed by atoms with van der Waals surface area (Å²) >= 11 is 0. The number of amides is 1. The number of furan rings is 1. The molecular weight excluding hydrogens is 372 g/mol. The second kappa shape index (κ2) is 7.16. The Morgan fingerprint density at radius 1 is 0.963 bits per heavy atom. The van der Waals surface area contributed by atoms with Gasteiger partial charge in [0.1, 0.15) is 0 Å². The van der Waals surface area contributed by atoms with Crippen LogP contribution in [0.5, 0.6) is 0 Å². The topological polar surface area (TPSA) is 108 Å². The summed E-state index contributed by atoms with van der Waals surface area (Å²) < 4.78 is 32.0. The number of hydrogen-bond acceptors (Lipinski definition) is 5. The number of carboxylic acid groups (broad SMARTS) is 1. The van der Waals surface area contributed by atoms with Crippen LogP contribution in [0.25, 0.3) is 0 Å². The Morgan fingerprint density at radius 2 is 1.59 bits per heavy atom. The van der Waals surface area contributed by atoms with E-state index >= 15 is 0 Å². The van der Waals surface area contributed by atoms with Gasteiger partial charge in [0.2, 0.25) is 15.8 Å². The highest BCUT2D eigenvalue weighted by atomic mass is 32.2. The standard InChI is InChI=1S/C18H20N2O6S/c1-12-3-4-14(11-13(12)2)27(24,25)20-9-7-19(8-10-20)17(21)15-5-6-16(26-15)18(22)23/h3-6,11H,7-10H2,1-2H3,(H,22,23). The summed E-state index contributed by atoms with van der Waals surface area (Å²) in [4.78, 5) is 25.0. The van der Waals surface area contributed by atoms with Crippen molar-refractivity contribution in [1.29, 1.82) is 0 Å². The lowest BCUT2D eigenvalue weighted by Crippen LogP contribution is -2.50. The Balaban J connectivity index is 1.69. The van der Waals surface area contributed by atoms with Crippen molar-refractivity contribution in [2.75, 3.05) is 26.2 Å². The zero-order valence-electron chi connectivity index (χ0n) is 15.0. The van der Waals surface area contributed by atoms with Crippen LogP contribution in [0.2, 0.25) is 0 Å². The summed E-state index contributed by atoms with van der Waals surface area (Å²) in [6.07, 6.45) is 0. The number of carbonyl (C=O) groups is 2. The third kappa shape index (κ3) is 3.74. The van der Waals surface area contributed by atoms with Gasteiger partial charge in [-0.2, -0.15) is 4.31 Å². The molecule has 0 bridgehead atoms. The second-order valence-electron chi connectivity index (χ2n) is 6.41. The maximum Gasteiger partial charge on any atom is 0.371 e. The molecule has 2 aromatic rings. The van der Waals surface area contributed by atoms with Crippen LogP contribution in [0.1, 0.15) is 32.2 Å². The lowest BCUT2D eigenvalue weighted by molar-refractivity contribution is 0.0632. The van der Waals surface area contributed by atoms with E-state index < -0.39 is 21.9 Å². The van der Waals surface area contributed by atoms with E-state index in [0.717, 1.165) is 11.1 Å². The minimum Gasteiger partial charge on any atom is -0.475 e. The van der Waals surface area contributed by atoms with E-state index in [-0.39, 0.29) is 42.6 Å². The molecule has 0 aliphatic carbocycles. The first kappa shape index (κ1) is 19.1. The molecule has 1 saturated heterocycles. The number of nitrogens with zero attached hydrogens (tertiary/aromatic N) is 2. The van der Waals surface area contributed by atoms with Gasteiger partial charge in [-0.05, 0) is 49.2 Å². The quantitative estimate of drug-likeness (QED) is 0.849. The fourth-order valence-electron chi connectivity index (χ4n) is 2.88. The van der Waals surface area contributed by atoms with Gasteiger partial charge in [0.05, 0.1) is 4.90 Å². The predicted octanol–water partition coefficient (Wildman–Crippen LogP) is 1.74. The van der Waals surface area contributed by atoms with Crippen LogP contribution in [0.3, 0.4) is 0 Å². The first-order valence-electron chi connectivity index (χ1n) is 8.40. The molecule has 0 saturated carbocycles. The van der Waals surface area contributed by atoms with Crippen molar-refractivity contribution >= 4 is 21.9 Å². The maximum atomic E-state index is 12.8. The molecule has 0 radical (unpaired) electrons. The summed E-state index contributed by atoms with van der Waals surface area (Å²) in [6.45, 7) is 4.50. The van der Waals surface area contributed by atoms with Crippen molar-refractivity contribution in [2.45, 2.75) is 18.7 Å². The minimum absolute atomic E-state index is 0.0714. The molecule has 1 aromatic heterocycles. The van der Waals surface area contributed by atoms with Gasteiger partial charge >= 0.3 is 5.97 Å². The molecule has 1 N–H and O–H groups in total. The van der Waals surface area contributed by atoms with Gasteiger partial charge in [0, 0.05) is 26.2 Å². The number of aryl methyl sites for hydroxylation is 2. The number of hydrogen-bond donors (Lipinski definition) is 1. The Hall–Kier alpha value is -2.65. The molecular formula is C18H20N2O6S. The van der Waals surface area contributed by atoms with Crippen molar-refractivity contribution in [2.24, 2.45) is 0 Å². The van der Waals surface area contributed by atoms with Crippen LogP contribution < -0.4 is 0 Å². The lowest BCUT2D eigenvalue weighted by Gasteiger charge is -2.33. The molecule has 3 rings (SSSR count). The SMILES string of the molecule is Cc1ccc(S(=O)(=O)N2CCN(C(=O)c3ccc(C(=O)O)o3)CC2)cc1C. The largest absolute Gasteiger partial charge is 0.475 e. The lowest BCUT2D eigenvalue weighted by atomic mass is 10.1. The zero-order valence-corrected chi connectivity index (χ0v) is 15.8. The summed E-state index contributed by atoms with van der Waals surface area (Å²) in [6, 6.07) is 7.54. The van der Waals surface area contributed by atoms with Crippen molar-refractivity contribution in [3.8, 4) is 0 Å². The minimum atomic E-state index is -3.63. The van der Waals surface area contributed by atoms with Crippen molar-refractivity contribution in [3.63, 3.8) is 0 Å². The van der Waals surface area contributed by atoms with Crippen molar-refractivity contribution in [3.05, 3.63) is 53.0 Å². The maximum absolute atomic E-state index is 12.8. The molecule has 27 heavy (non-hydrogen) atoms. The molecule has 1 amide bonds. The fraction of sp³-hybridized carbons (Fsp3) is 0.333. The van der Waals surface area contributed by atoms with Crippen LogP contribution >= 0.6 is 0 Å². The van der Waals surface area contributed by atoms with Crippen molar-refractivity contribution < 1.29 is 27.5 Å². The Kier molecular flexibility index (Phi) is 5.07. The monoisotopic (exact) mass is 392 g/mol. The number of piperazine rings is 1. The molecule has 0 atom stereocenters. The Bertz CT molecular complexity index is 987. The molecule has 9 heteroatoms. The molecule has 1 aromatic carbocycles. The Morgan fingerprint density at radius 3 is 2.15 bits per heavy atom. The van der Waals surface area contributed by atoms with Gasteiger partial charge in [0.15, 0.2) is 5.76 Å². The fourth-order valence-corrected chi connectivity index (χ4v) is 4.39. The molecule has 1 aliphatic heterocycles. The smallest absolute Gasteiger partial charge is 0.371 e. The number of rotatable bonds is 4. The molecule has 144 valence electrons. The highest BCUT2D eigenvalue weighted by Crippen LogP contribution is 2.21. The van der Waals surface area contributed by atoms with Gasteiger partial charge in [0.25, 0.3) is 5.91 Å². The number of benzene rings is 1. The molecule has 1 fully saturated rings. The summed E-state index contributed by atoms with van der Waals surface area (Å²) in [5, 5.41) is 8.87. The van der Waals surface area contributed by atoms with Gasteiger partial charge < -0.3 is 14.4 Å². The highest BCUT2D eigenvalue weighted by Gasteiger charge is 2.31. The van der Waals surface area contributed by atoms with Gasteiger partial charge in [-0.25, -0.2) is 13.2 Å². The number of aromatic carboxylic acids is 1. The van der Waals surface area contributed by atoms with E-state index in [9.17, 15) is 18.0 Å². The third-order valence-electron chi connectivity index (χ3n) is 4.67. The van der Waals surface area contributed by atoms with Crippen LogP contribution in [0.4, 0.5) is 0 Å². The first-order chi connectivity index (χ1) is 12.7. The summed E-state index contributed by atoms with van der Waals surface area (Å²) in [5.74, 6) is -2.09. The number of carbonyl (C=O) groups excluding carboxylic acids is 1. The average Bonchev–Trinajstić information content (AvgIpc) is 3.14. The van der Waals surface area contributed by atoms with Crippen molar-refractivity contribution in [1.82, 2.24) is 9.21 Å². The van der Waals surface area contributed by atoms with Crippen LogP contribution in [0.15, 0.2) is 39.6 Å². The van der Waals surface area contributed by atoms with Gasteiger partial charge in [-0.1, -0.05) is 6.07 Å². The van der Waals surface area contributed by atoms with E-state index in [1.54, 1.807) is 18.2 Å². The molecule has 1 aliphatic rings. The van der Waals surface area contributed by atoms with E-state index in [1.807, 2.05) is 13.8 Å². The Labute approximate surface area is 157 Å². The number of carboxylic acids is 1. The summed E-state index contributed by atoms with van der Waals surface area (Å²) in [7, 11) is -3.63. The molecule has 0 spiro atoms. The van der Waals surface area contributed by atoms with E-state index in [0.29, 0.717) is 0 Å². The molecule has 8 nitrogen and oxygen atoms in total. The van der Waals surface area contributed by atoms with Crippen LogP contribution in [-0.4, -0.2) is 60.8 Å². The van der Waals surface area contributed by atoms with E-state index in [1.165, 1.54) is 21.3 Å². The number of sulfonamides is 1. The zero-order chi connectivity index (χ0) is 19.8. The highest BCUT2D eigenvalue weighted by molar-refractivity contribution is 7.89. The predicted molar refractivity (Wildman–Crippen MR) is 96.2 cm³/mol. The van der Waals surface area contributed by atoms with E-state index in [2.05, 4.69) is 0 Å². The molecule has 2 heterocycles. The summed E-state index contributed by atoms with van der Waals surface area (Å²) in [5.41, 5.74) is 1.92. The van der Waals surface area contributed by atoms with Gasteiger partial charge in [-0.3, -0.25) is 4.79 Å². The van der Waals surface area contributed by atoms with Crippen LogP contribution in [-0.2, 0) is 10.0 Å². The normalized spacial score (nSPS) is 15.7.